The Morgan fingerprint density at radius 3 is 2.61 bits per heavy atom. The maximum absolute atomic E-state index is 13.4. The van der Waals surface area contributed by atoms with Crippen molar-refractivity contribution in [3.05, 3.63) is 29.7 Å². The van der Waals surface area contributed by atoms with E-state index < -0.39 is 11.0 Å². The Kier molecular flexibility index (Phi) is 5.80. The molecule has 2 aliphatic carbocycles. The van der Waals surface area contributed by atoms with Crippen LogP contribution in [0.25, 0.3) is 5.65 Å². The van der Waals surface area contributed by atoms with Crippen molar-refractivity contribution in [3.63, 3.8) is 0 Å². The molecule has 0 radical (unpaired) electrons. The minimum atomic E-state index is -0.707. The van der Waals surface area contributed by atoms with E-state index in [1.54, 1.807) is 6.20 Å². The highest BCUT2D eigenvalue weighted by Crippen LogP contribution is 2.49. The molecule has 0 unspecified atom stereocenters. The average molecular weight is 486 g/mol. The van der Waals surface area contributed by atoms with E-state index in [2.05, 4.69) is 29.1 Å². The van der Waals surface area contributed by atoms with Gasteiger partial charge < -0.3 is 5.32 Å². The summed E-state index contributed by atoms with van der Waals surface area (Å²) in [5.74, 6) is 0. The molecule has 3 fully saturated rings. The van der Waals surface area contributed by atoms with Crippen LogP contribution in [-0.2, 0) is 5.41 Å². The maximum atomic E-state index is 13.4. The van der Waals surface area contributed by atoms with E-state index >= 15 is 0 Å². The Morgan fingerprint density at radius 1 is 1.27 bits per heavy atom. The van der Waals surface area contributed by atoms with Gasteiger partial charge in [0.05, 0.1) is 28.5 Å². The number of piperidine rings is 1. The number of hydrogen-bond donors (Lipinski definition) is 4. The Morgan fingerprint density at radius 2 is 2.00 bits per heavy atom. The second-order valence-electron chi connectivity index (χ2n) is 9.81. The summed E-state index contributed by atoms with van der Waals surface area (Å²) in [5, 5.41) is 30.3. The number of pyridine rings is 1. The first-order chi connectivity index (χ1) is 15.8. The van der Waals surface area contributed by atoms with Crippen LogP contribution < -0.4 is 10.0 Å². The largest absolute Gasteiger partial charge is 0.317 e. The fraction of sp³-hybridized carbons (Fsp3) is 0.565. The van der Waals surface area contributed by atoms with Crippen LogP contribution >= 0.6 is 23.7 Å². The lowest BCUT2D eigenvalue weighted by Gasteiger charge is -2.35. The van der Waals surface area contributed by atoms with Crippen LogP contribution in [0.4, 0.5) is 4.39 Å². The van der Waals surface area contributed by atoms with Crippen molar-refractivity contribution in [3.8, 4) is 6.07 Å². The number of aromatic nitrogens is 2. The first kappa shape index (κ1) is 22.8. The number of halogens is 1. The first-order valence-electron chi connectivity index (χ1n) is 11.3. The molecule has 2 saturated carbocycles. The fourth-order valence-corrected chi connectivity index (χ4v) is 6.16. The SMILES string of the molecule is CC1(c2cc(SNC3(CF)CC3)cn3c(C(=N)SC(=N)C4(C#N)CC4)cnc23)CCNCC1. The topological polar surface area (TPSA) is 113 Å². The van der Waals surface area contributed by atoms with E-state index in [9.17, 15) is 9.65 Å². The monoisotopic (exact) mass is 485 g/mol. The molecule has 3 heterocycles. The van der Waals surface area contributed by atoms with Gasteiger partial charge in [-0.2, -0.15) is 5.26 Å². The Hall–Kier alpha value is -1.93. The molecule has 1 aliphatic heterocycles. The highest BCUT2D eigenvalue weighted by atomic mass is 32.2. The van der Waals surface area contributed by atoms with Crippen LogP contribution in [0.15, 0.2) is 23.4 Å². The third kappa shape index (κ3) is 4.20. The Labute approximate surface area is 201 Å². The number of nitrogens with one attached hydrogen (secondary N) is 4. The molecule has 0 spiro atoms. The lowest BCUT2D eigenvalue weighted by molar-refractivity contribution is 0.336. The van der Waals surface area contributed by atoms with Crippen molar-refractivity contribution in [2.45, 2.75) is 61.3 Å². The highest BCUT2D eigenvalue weighted by Gasteiger charge is 2.48. The number of thioether (sulfide) groups is 1. The van der Waals surface area contributed by atoms with Crippen molar-refractivity contribution in [1.82, 2.24) is 19.4 Å². The molecule has 0 aromatic carbocycles. The van der Waals surface area contributed by atoms with Gasteiger partial charge in [0.2, 0.25) is 0 Å². The van der Waals surface area contributed by atoms with Gasteiger partial charge in [0.1, 0.15) is 22.8 Å². The number of alkyl halides is 1. The molecular formula is C23H28FN7S2. The zero-order chi connectivity index (χ0) is 23.3. The molecule has 4 N–H and O–H groups in total. The molecule has 5 rings (SSSR count). The predicted molar refractivity (Wildman–Crippen MR) is 131 cm³/mol. The molecule has 7 nitrogen and oxygen atoms in total. The number of fused-ring (bicyclic) bond motifs is 1. The van der Waals surface area contributed by atoms with E-state index in [0.29, 0.717) is 18.5 Å². The highest BCUT2D eigenvalue weighted by molar-refractivity contribution is 8.26. The van der Waals surface area contributed by atoms with E-state index in [4.69, 9.17) is 15.8 Å². The van der Waals surface area contributed by atoms with Gasteiger partial charge in [-0.25, -0.2) is 9.37 Å². The maximum Gasteiger partial charge on any atom is 0.141 e. The third-order valence-electron chi connectivity index (χ3n) is 7.27. The lowest BCUT2D eigenvalue weighted by atomic mass is 9.75. The normalized spacial score (nSPS) is 22.0. The second-order valence-corrected chi connectivity index (χ2v) is 11.7. The van der Waals surface area contributed by atoms with E-state index in [0.717, 1.165) is 66.6 Å². The zero-order valence-corrected chi connectivity index (χ0v) is 20.3. The average Bonchev–Trinajstić information content (AvgIpc) is 3.74. The van der Waals surface area contributed by atoms with Crippen LogP contribution in [0.3, 0.4) is 0 Å². The number of rotatable bonds is 7. The van der Waals surface area contributed by atoms with Crippen molar-refractivity contribution in [2.75, 3.05) is 19.8 Å². The molecule has 33 heavy (non-hydrogen) atoms. The summed E-state index contributed by atoms with van der Waals surface area (Å²) in [6.07, 6.45) is 8.69. The minimum Gasteiger partial charge on any atom is -0.317 e. The van der Waals surface area contributed by atoms with Crippen LogP contribution in [0.5, 0.6) is 0 Å². The van der Waals surface area contributed by atoms with Gasteiger partial charge in [-0.1, -0.05) is 18.7 Å². The van der Waals surface area contributed by atoms with Gasteiger partial charge in [-0.05, 0) is 75.0 Å². The van der Waals surface area contributed by atoms with Crippen molar-refractivity contribution >= 4 is 39.4 Å². The number of hydrogen-bond acceptors (Lipinski definition) is 8. The second kappa shape index (κ2) is 8.38. The number of nitriles is 1. The molecule has 3 aliphatic rings. The van der Waals surface area contributed by atoms with Crippen molar-refractivity contribution in [1.29, 1.82) is 16.1 Å². The predicted octanol–water partition coefficient (Wildman–Crippen LogP) is 4.41. The summed E-state index contributed by atoms with van der Waals surface area (Å²) in [7, 11) is 0. The van der Waals surface area contributed by atoms with Crippen molar-refractivity contribution in [2.24, 2.45) is 5.41 Å². The number of imidazole rings is 1. The molecule has 0 bridgehead atoms. The van der Waals surface area contributed by atoms with Crippen LogP contribution in [0.1, 0.15) is 56.7 Å². The summed E-state index contributed by atoms with van der Waals surface area (Å²) in [5.41, 5.74) is 1.40. The lowest BCUT2D eigenvalue weighted by Crippen LogP contribution is -2.38. The summed E-state index contributed by atoms with van der Waals surface area (Å²) in [6.45, 7) is 3.77. The van der Waals surface area contributed by atoms with Crippen LogP contribution in [0.2, 0.25) is 0 Å². The smallest absolute Gasteiger partial charge is 0.141 e. The molecule has 1 saturated heterocycles. The van der Waals surface area contributed by atoms with Crippen LogP contribution in [0, 0.1) is 27.6 Å². The molecule has 10 heteroatoms. The summed E-state index contributed by atoms with van der Waals surface area (Å²) in [6, 6.07) is 4.40. The quantitative estimate of drug-likeness (QED) is 0.262. The standard InChI is InChI=1S/C23H28FN7S2/c1-21(6-8-28-9-7-21)16-10-15(33-30-23(13-24)4-5-23)12-31-17(11-29-19(16)31)18(26)32-20(27)22(14-25)2-3-22/h10-12,26-28,30H,2-9,13H2,1H3. The van der Waals surface area contributed by atoms with E-state index in [-0.39, 0.29) is 22.2 Å². The van der Waals surface area contributed by atoms with E-state index in [1.165, 1.54) is 11.9 Å². The summed E-state index contributed by atoms with van der Waals surface area (Å²) in [4.78, 5) is 5.67. The molecular weight excluding hydrogens is 457 g/mol. The zero-order valence-electron chi connectivity index (χ0n) is 18.6. The van der Waals surface area contributed by atoms with E-state index in [1.807, 2.05) is 10.6 Å². The van der Waals surface area contributed by atoms with Crippen LogP contribution in [-0.4, -0.2) is 44.8 Å². The van der Waals surface area contributed by atoms with Gasteiger partial charge in [0, 0.05) is 16.7 Å². The van der Waals surface area contributed by atoms with Crippen molar-refractivity contribution < 1.29 is 4.39 Å². The van der Waals surface area contributed by atoms with Gasteiger partial charge in [0.15, 0.2) is 0 Å². The van der Waals surface area contributed by atoms with Gasteiger partial charge in [-0.15, -0.1) is 0 Å². The molecule has 0 amide bonds. The minimum absolute atomic E-state index is 0.0516. The van der Waals surface area contributed by atoms with Gasteiger partial charge in [-0.3, -0.25) is 19.9 Å². The molecule has 0 atom stereocenters. The number of nitrogens with zero attached hydrogens (tertiary/aromatic N) is 3. The van der Waals surface area contributed by atoms with Gasteiger partial charge in [0.25, 0.3) is 0 Å². The van der Waals surface area contributed by atoms with Gasteiger partial charge >= 0.3 is 0 Å². The molecule has 2 aromatic rings. The Balaban J connectivity index is 1.50. The third-order valence-corrected chi connectivity index (χ3v) is 9.27. The molecule has 2 aromatic heterocycles. The Bertz CT molecular complexity index is 1150. The summed E-state index contributed by atoms with van der Waals surface area (Å²) < 4.78 is 18.7. The first-order valence-corrected chi connectivity index (χ1v) is 13.0. The molecule has 174 valence electrons. The fourth-order valence-electron chi connectivity index (χ4n) is 4.33. The summed E-state index contributed by atoms with van der Waals surface area (Å²) >= 11 is 2.49.